The van der Waals surface area contributed by atoms with Gasteiger partial charge < -0.3 is 20.1 Å². The van der Waals surface area contributed by atoms with Gasteiger partial charge in [-0.1, -0.05) is 0 Å². The number of urea groups is 1. The zero-order chi connectivity index (χ0) is 30.7. The van der Waals surface area contributed by atoms with E-state index in [1.54, 1.807) is 12.3 Å². The molecular formula is C30H32N10O4. The number of imide groups is 1. The van der Waals surface area contributed by atoms with Crippen LogP contribution in [0.4, 0.5) is 22.1 Å². The van der Waals surface area contributed by atoms with Crippen molar-refractivity contribution in [2.45, 2.75) is 57.6 Å². The van der Waals surface area contributed by atoms with Crippen LogP contribution in [0.1, 0.15) is 72.7 Å². The molecule has 0 spiro atoms. The number of rotatable bonds is 9. The molecule has 14 heteroatoms. The van der Waals surface area contributed by atoms with Gasteiger partial charge >= 0.3 is 6.03 Å². The molecule has 3 atom stereocenters. The number of aromatic nitrogens is 6. The molecule has 2 saturated carbocycles. The van der Waals surface area contributed by atoms with E-state index in [0.29, 0.717) is 41.0 Å². The highest BCUT2D eigenvalue weighted by Crippen LogP contribution is 2.46. The summed E-state index contributed by atoms with van der Waals surface area (Å²) >= 11 is 0. The number of nitrogens with one attached hydrogen (secondary N) is 2. The number of aryl methyl sites for hydroxylation is 1. The number of amides is 4. The Morgan fingerprint density at radius 2 is 1.91 bits per heavy atom. The SMILES string of the molecule is Cc1ccnc([C@H]2C[C@@H]2C(=O)Nc2cc(N[C@H](C)c3cn4cc(C5CC5)cc(N5CC(=O)N(C)C5=O)c4n3)nc(CO)n2)n1. The maximum Gasteiger partial charge on any atom is 0.331 e. The van der Waals surface area contributed by atoms with Crippen LogP contribution in [0.2, 0.25) is 0 Å². The number of carbonyl (C=O) groups is 3. The summed E-state index contributed by atoms with van der Waals surface area (Å²) in [6, 6.07) is 4.68. The van der Waals surface area contributed by atoms with Gasteiger partial charge in [-0.05, 0) is 56.7 Å². The van der Waals surface area contributed by atoms with Crippen LogP contribution < -0.4 is 15.5 Å². The summed E-state index contributed by atoms with van der Waals surface area (Å²) in [6.45, 7) is 3.36. The number of hydrogen-bond donors (Lipinski definition) is 3. The van der Waals surface area contributed by atoms with Crippen molar-refractivity contribution in [3.8, 4) is 0 Å². The van der Waals surface area contributed by atoms with E-state index in [9.17, 15) is 19.5 Å². The first-order chi connectivity index (χ1) is 21.2. The Balaban J connectivity index is 1.11. The Morgan fingerprint density at radius 1 is 1.11 bits per heavy atom. The Morgan fingerprint density at radius 3 is 2.61 bits per heavy atom. The molecular weight excluding hydrogens is 564 g/mol. The van der Waals surface area contributed by atoms with Gasteiger partial charge in [0, 0.05) is 49.2 Å². The molecule has 1 aliphatic heterocycles. The Kier molecular flexibility index (Phi) is 6.72. The number of carbonyl (C=O) groups excluding carboxylic acids is 3. The number of hydrogen-bond acceptors (Lipinski definition) is 10. The number of anilines is 3. The summed E-state index contributed by atoms with van der Waals surface area (Å²) in [7, 11) is 1.48. The average Bonchev–Trinajstić information content (AvgIpc) is 3.93. The molecule has 4 aromatic rings. The van der Waals surface area contributed by atoms with E-state index in [1.165, 1.54) is 11.9 Å². The molecule has 7 rings (SSSR count). The minimum absolute atomic E-state index is 0.0336. The van der Waals surface area contributed by atoms with Crippen molar-refractivity contribution in [2.24, 2.45) is 5.92 Å². The minimum Gasteiger partial charge on any atom is -0.388 e. The summed E-state index contributed by atoms with van der Waals surface area (Å²) in [6.07, 6.45) is 8.44. The standard InChI is InChI=1S/C30H32N10O4/c1-15-6-7-31-27(32-15)19-9-20(19)29(43)37-24-10-23(35-25(14-41)36-24)33-16(2)21-12-39-11-18(17-4-5-17)8-22(28(39)34-21)40-13-26(42)38(3)30(40)44/h6-8,10-12,16-17,19-20,41H,4-5,9,13-14H2,1-3H3,(H2,33,35,36,37,43)/t16-,19+,20+/m1/s1. The van der Waals surface area contributed by atoms with Crippen LogP contribution >= 0.6 is 0 Å². The summed E-state index contributed by atoms with van der Waals surface area (Å²) in [5.41, 5.74) is 3.80. The first kappa shape index (κ1) is 27.8. The first-order valence-electron chi connectivity index (χ1n) is 14.6. The molecule has 0 bridgehead atoms. The van der Waals surface area contributed by atoms with Gasteiger partial charge in [-0.25, -0.2) is 29.7 Å². The van der Waals surface area contributed by atoms with Gasteiger partial charge in [-0.15, -0.1) is 0 Å². The number of pyridine rings is 1. The van der Waals surface area contributed by atoms with Crippen molar-refractivity contribution in [2.75, 3.05) is 29.1 Å². The monoisotopic (exact) mass is 596 g/mol. The first-order valence-corrected chi connectivity index (χ1v) is 14.6. The number of nitrogens with zero attached hydrogens (tertiary/aromatic N) is 8. The van der Waals surface area contributed by atoms with Gasteiger partial charge in [0.25, 0.3) is 0 Å². The summed E-state index contributed by atoms with van der Waals surface area (Å²) in [5.74, 6) is 1.15. The molecule has 0 aromatic carbocycles. The van der Waals surface area contributed by atoms with Crippen molar-refractivity contribution in [3.63, 3.8) is 0 Å². The second-order valence-electron chi connectivity index (χ2n) is 11.7. The van der Waals surface area contributed by atoms with Crippen LogP contribution in [0.25, 0.3) is 5.65 Å². The number of aliphatic hydroxyl groups is 1. The van der Waals surface area contributed by atoms with Crippen LogP contribution in [-0.2, 0) is 16.2 Å². The average molecular weight is 597 g/mol. The topological polar surface area (TPSA) is 171 Å². The third kappa shape index (κ3) is 5.21. The molecule has 3 N–H and O–H groups in total. The summed E-state index contributed by atoms with van der Waals surface area (Å²) in [5, 5.41) is 16.0. The van der Waals surface area contributed by atoms with Crippen molar-refractivity contribution >= 4 is 40.8 Å². The molecule has 0 unspecified atom stereocenters. The lowest BCUT2D eigenvalue weighted by Crippen LogP contribution is -2.30. The molecule has 1 saturated heterocycles. The van der Waals surface area contributed by atoms with Crippen molar-refractivity contribution in [3.05, 3.63) is 65.4 Å². The fourth-order valence-corrected chi connectivity index (χ4v) is 5.59. The second kappa shape index (κ2) is 10.6. The van der Waals surface area contributed by atoms with Crippen LogP contribution in [-0.4, -0.2) is 70.8 Å². The zero-order valence-electron chi connectivity index (χ0n) is 24.6. The highest BCUT2D eigenvalue weighted by molar-refractivity contribution is 6.13. The van der Waals surface area contributed by atoms with E-state index in [-0.39, 0.29) is 53.9 Å². The van der Waals surface area contributed by atoms with Crippen molar-refractivity contribution in [1.29, 1.82) is 0 Å². The Hall–Kier alpha value is -4.98. The number of imidazole rings is 1. The maximum atomic E-state index is 13.0. The molecule has 14 nitrogen and oxygen atoms in total. The fraction of sp³-hybridized carbons (Fsp3) is 0.400. The highest BCUT2D eigenvalue weighted by Gasteiger charge is 2.46. The quantitative estimate of drug-likeness (QED) is 0.244. The lowest BCUT2D eigenvalue weighted by Gasteiger charge is -2.17. The smallest absolute Gasteiger partial charge is 0.331 e. The lowest BCUT2D eigenvalue weighted by atomic mass is 10.1. The van der Waals surface area contributed by atoms with E-state index in [2.05, 4.69) is 30.6 Å². The molecule has 5 heterocycles. The number of aliphatic hydroxyl groups excluding tert-OH is 1. The molecule has 2 aliphatic carbocycles. The van der Waals surface area contributed by atoms with Crippen LogP contribution in [0, 0.1) is 12.8 Å². The van der Waals surface area contributed by atoms with Crippen molar-refractivity contribution < 1.29 is 19.5 Å². The third-order valence-corrected chi connectivity index (χ3v) is 8.34. The number of fused-ring (bicyclic) bond motifs is 1. The van der Waals surface area contributed by atoms with Crippen molar-refractivity contribution in [1.82, 2.24) is 34.2 Å². The van der Waals surface area contributed by atoms with Gasteiger partial charge in [0.05, 0.1) is 17.4 Å². The molecule has 4 amide bonds. The largest absolute Gasteiger partial charge is 0.388 e. The second-order valence-corrected chi connectivity index (χ2v) is 11.7. The van der Waals surface area contributed by atoms with E-state index < -0.39 is 6.61 Å². The fourth-order valence-electron chi connectivity index (χ4n) is 5.59. The predicted molar refractivity (Wildman–Crippen MR) is 159 cm³/mol. The minimum atomic E-state index is -0.408. The van der Waals surface area contributed by atoms with Gasteiger partial charge in [-0.3, -0.25) is 19.4 Å². The van der Waals surface area contributed by atoms with E-state index >= 15 is 0 Å². The van der Waals surface area contributed by atoms with Crippen LogP contribution in [0.5, 0.6) is 0 Å². The van der Waals surface area contributed by atoms with Gasteiger partial charge in [0.2, 0.25) is 11.8 Å². The zero-order valence-corrected chi connectivity index (χ0v) is 24.6. The number of likely N-dealkylation sites (N-methyl/N-ethyl adjacent to an activating group) is 1. The Labute approximate surface area is 252 Å². The summed E-state index contributed by atoms with van der Waals surface area (Å²) < 4.78 is 1.90. The van der Waals surface area contributed by atoms with E-state index in [0.717, 1.165) is 29.0 Å². The molecule has 44 heavy (non-hydrogen) atoms. The Bertz CT molecular complexity index is 1820. The maximum absolute atomic E-state index is 13.0. The van der Waals surface area contributed by atoms with E-state index in [4.69, 9.17) is 4.98 Å². The van der Waals surface area contributed by atoms with Gasteiger partial charge in [0.1, 0.15) is 30.6 Å². The normalized spacial score (nSPS) is 20.4. The molecule has 4 aromatic heterocycles. The molecule has 3 aliphatic rings. The molecule has 0 radical (unpaired) electrons. The van der Waals surface area contributed by atoms with Gasteiger partial charge in [-0.2, -0.15) is 0 Å². The predicted octanol–water partition coefficient (Wildman–Crippen LogP) is 2.91. The van der Waals surface area contributed by atoms with Crippen LogP contribution in [0.15, 0.2) is 36.8 Å². The van der Waals surface area contributed by atoms with E-state index in [1.807, 2.05) is 42.8 Å². The third-order valence-electron chi connectivity index (χ3n) is 8.34. The molecule has 3 fully saturated rings. The summed E-state index contributed by atoms with van der Waals surface area (Å²) in [4.78, 5) is 63.0. The van der Waals surface area contributed by atoms with Crippen LogP contribution in [0.3, 0.4) is 0 Å². The lowest BCUT2D eigenvalue weighted by molar-refractivity contribution is -0.124. The van der Waals surface area contributed by atoms with Gasteiger partial charge in [0.15, 0.2) is 11.5 Å². The highest BCUT2D eigenvalue weighted by atomic mass is 16.3. The molecule has 226 valence electrons.